The van der Waals surface area contributed by atoms with Crippen LogP contribution in [0.3, 0.4) is 0 Å². The van der Waals surface area contributed by atoms with E-state index >= 15 is 0 Å². The molecule has 122 valence electrons. The number of H-pyrrole nitrogens is 1. The minimum atomic E-state index is -0.440. The van der Waals surface area contributed by atoms with Crippen LogP contribution in [-0.2, 0) is 13.0 Å². The fourth-order valence-electron chi connectivity index (χ4n) is 3.46. The summed E-state index contributed by atoms with van der Waals surface area (Å²) in [6, 6.07) is 13.3. The minimum Gasteiger partial charge on any atom is -0.394 e. The first-order valence-electron chi connectivity index (χ1n) is 7.93. The molecular formula is C19H17FN2O2. The van der Waals surface area contributed by atoms with Crippen molar-refractivity contribution in [1.29, 1.82) is 0 Å². The summed E-state index contributed by atoms with van der Waals surface area (Å²) in [6.07, 6.45) is 0.580. The van der Waals surface area contributed by atoms with E-state index in [0.717, 1.165) is 22.2 Å². The van der Waals surface area contributed by atoms with Gasteiger partial charge in [0.15, 0.2) is 0 Å². The molecule has 1 amide bonds. The Morgan fingerprint density at radius 1 is 1.25 bits per heavy atom. The van der Waals surface area contributed by atoms with Crippen LogP contribution >= 0.6 is 0 Å². The van der Waals surface area contributed by atoms with E-state index in [1.54, 1.807) is 11.0 Å². The molecule has 0 spiro atoms. The van der Waals surface area contributed by atoms with Crippen molar-refractivity contribution >= 4 is 16.8 Å². The number of hydrogen-bond donors (Lipinski definition) is 2. The Labute approximate surface area is 138 Å². The summed E-state index contributed by atoms with van der Waals surface area (Å²) in [5, 5.41) is 10.9. The molecule has 5 heteroatoms. The number of benzene rings is 2. The van der Waals surface area contributed by atoms with E-state index in [9.17, 15) is 14.3 Å². The minimum absolute atomic E-state index is 0.125. The molecule has 3 aromatic rings. The predicted octanol–water partition coefficient (Wildman–Crippen LogP) is 2.87. The maximum Gasteiger partial charge on any atom is 0.254 e. The Morgan fingerprint density at radius 3 is 2.88 bits per heavy atom. The number of aromatic nitrogens is 1. The van der Waals surface area contributed by atoms with Gasteiger partial charge in [-0.25, -0.2) is 4.39 Å². The normalized spacial score (nSPS) is 17.1. The monoisotopic (exact) mass is 324 g/mol. The topological polar surface area (TPSA) is 56.3 Å². The number of hydrogen-bond acceptors (Lipinski definition) is 2. The van der Waals surface area contributed by atoms with Crippen LogP contribution in [0.4, 0.5) is 4.39 Å². The summed E-state index contributed by atoms with van der Waals surface area (Å²) in [5.74, 6) is -0.706. The van der Waals surface area contributed by atoms with Crippen LogP contribution in [-0.4, -0.2) is 33.5 Å². The van der Waals surface area contributed by atoms with Gasteiger partial charge in [0.25, 0.3) is 5.91 Å². The molecule has 4 rings (SSSR count). The molecule has 1 aliphatic rings. The smallest absolute Gasteiger partial charge is 0.254 e. The molecule has 0 radical (unpaired) electrons. The van der Waals surface area contributed by atoms with Crippen molar-refractivity contribution in [1.82, 2.24) is 9.88 Å². The standard InChI is InChI=1S/C19H17FN2O2/c20-13-5-3-4-12(8-13)19(24)22-10-18-16(9-14(22)11-23)15-6-1-2-7-17(15)21-18/h1-8,14,21,23H,9-11H2. The number of nitrogens with one attached hydrogen (secondary N) is 1. The molecule has 0 saturated carbocycles. The maximum absolute atomic E-state index is 13.4. The molecule has 0 bridgehead atoms. The van der Waals surface area contributed by atoms with Crippen LogP contribution in [0.15, 0.2) is 48.5 Å². The van der Waals surface area contributed by atoms with Crippen molar-refractivity contribution in [2.75, 3.05) is 6.61 Å². The van der Waals surface area contributed by atoms with E-state index in [0.29, 0.717) is 18.5 Å². The van der Waals surface area contributed by atoms with Crippen LogP contribution in [0.5, 0.6) is 0 Å². The first kappa shape index (κ1) is 14.9. The summed E-state index contributed by atoms with van der Waals surface area (Å²) < 4.78 is 13.4. The van der Waals surface area contributed by atoms with Gasteiger partial charge in [0.2, 0.25) is 0 Å². The number of rotatable bonds is 2. The number of nitrogens with zero attached hydrogens (tertiary/aromatic N) is 1. The third kappa shape index (κ3) is 2.37. The van der Waals surface area contributed by atoms with Crippen LogP contribution in [0.25, 0.3) is 10.9 Å². The van der Waals surface area contributed by atoms with Gasteiger partial charge in [-0.2, -0.15) is 0 Å². The number of aliphatic hydroxyl groups is 1. The Bertz CT molecular complexity index is 919. The van der Waals surface area contributed by atoms with Crippen molar-refractivity contribution in [3.8, 4) is 0 Å². The van der Waals surface area contributed by atoms with Gasteiger partial charge in [0.1, 0.15) is 5.82 Å². The second-order valence-electron chi connectivity index (χ2n) is 6.11. The third-order valence-electron chi connectivity index (χ3n) is 4.65. The van der Waals surface area contributed by atoms with Gasteiger partial charge in [-0.1, -0.05) is 24.3 Å². The average molecular weight is 324 g/mol. The van der Waals surface area contributed by atoms with E-state index in [1.165, 1.54) is 18.2 Å². The lowest BCUT2D eigenvalue weighted by molar-refractivity contribution is 0.0541. The van der Waals surface area contributed by atoms with Gasteiger partial charge in [0.05, 0.1) is 19.2 Å². The highest BCUT2D eigenvalue weighted by Crippen LogP contribution is 2.31. The van der Waals surface area contributed by atoms with E-state index in [4.69, 9.17) is 0 Å². The summed E-state index contributed by atoms with van der Waals surface area (Å²) >= 11 is 0. The SMILES string of the molecule is O=C(c1cccc(F)c1)N1Cc2[nH]c3ccccc3c2CC1CO. The molecule has 2 N–H and O–H groups in total. The fraction of sp³-hybridized carbons (Fsp3) is 0.211. The quantitative estimate of drug-likeness (QED) is 0.761. The van der Waals surface area contributed by atoms with Gasteiger partial charge in [0, 0.05) is 22.2 Å². The van der Waals surface area contributed by atoms with Crippen LogP contribution in [0.1, 0.15) is 21.6 Å². The molecule has 24 heavy (non-hydrogen) atoms. The van der Waals surface area contributed by atoms with E-state index in [2.05, 4.69) is 4.98 Å². The van der Waals surface area contributed by atoms with Crippen molar-refractivity contribution in [2.45, 2.75) is 19.0 Å². The van der Waals surface area contributed by atoms with E-state index < -0.39 is 5.82 Å². The van der Waals surface area contributed by atoms with Crippen LogP contribution in [0, 0.1) is 5.82 Å². The molecule has 4 nitrogen and oxygen atoms in total. The second kappa shape index (κ2) is 5.76. The zero-order valence-corrected chi connectivity index (χ0v) is 13.0. The third-order valence-corrected chi connectivity index (χ3v) is 4.65. The lowest BCUT2D eigenvalue weighted by Gasteiger charge is -2.34. The fourth-order valence-corrected chi connectivity index (χ4v) is 3.46. The first-order chi connectivity index (χ1) is 11.7. The van der Waals surface area contributed by atoms with Gasteiger partial charge < -0.3 is 15.0 Å². The maximum atomic E-state index is 13.4. The largest absolute Gasteiger partial charge is 0.394 e. The number of amides is 1. The van der Waals surface area contributed by atoms with Crippen LogP contribution in [0.2, 0.25) is 0 Å². The lowest BCUT2D eigenvalue weighted by atomic mass is 9.96. The number of carbonyl (C=O) groups is 1. The molecule has 2 heterocycles. The van der Waals surface area contributed by atoms with Crippen molar-refractivity contribution in [2.24, 2.45) is 0 Å². The van der Waals surface area contributed by atoms with E-state index in [1.807, 2.05) is 24.3 Å². The Kier molecular flexibility index (Phi) is 3.58. The van der Waals surface area contributed by atoms with Gasteiger partial charge in [-0.15, -0.1) is 0 Å². The Hall–Kier alpha value is -2.66. The van der Waals surface area contributed by atoms with Crippen molar-refractivity contribution in [3.05, 3.63) is 71.2 Å². The number of aliphatic hydroxyl groups excluding tert-OH is 1. The molecule has 0 fully saturated rings. The highest BCUT2D eigenvalue weighted by Gasteiger charge is 2.32. The number of halogens is 1. The van der Waals surface area contributed by atoms with Crippen molar-refractivity contribution in [3.63, 3.8) is 0 Å². The van der Waals surface area contributed by atoms with Crippen LogP contribution < -0.4 is 0 Å². The summed E-state index contributed by atoms with van der Waals surface area (Å²) in [6.45, 7) is 0.255. The molecule has 1 unspecified atom stereocenters. The highest BCUT2D eigenvalue weighted by molar-refractivity contribution is 5.95. The van der Waals surface area contributed by atoms with Gasteiger partial charge >= 0.3 is 0 Å². The molecule has 0 saturated heterocycles. The number of aromatic amines is 1. The first-order valence-corrected chi connectivity index (χ1v) is 7.93. The zero-order chi connectivity index (χ0) is 16.7. The molecule has 0 aliphatic carbocycles. The molecule has 2 aromatic carbocycles. The second-order valence-corrected chi connectivity index (χ2v) is 6.11. The summed E-state index contributed by atoms with van der Waals surface area (Å²) in [7, 11) is 0. The Balaban J connectivity index is 1.73. The number of para-hydroxylation sites is 1. The van der Waals surface area contributed by atoms with E-state index in [-0.39, 0.29) is 18.6 Å². The van der Waals surface area contributed by atoms with Crippen molar-refractivity contribution < 1.29 is 14.3 Å². The molecule has 1 aromatic heterocycles. The predicted molar refractivity (Wildman–Crippen MR) is 89.2 cm³/mol. The summed E-state index contributed by atoms with van der Waals surface area (Å²) in [4.78, 5) is 17.8. The molecule has 1 aliphatic heterocycles. The summed E-state index contributed by atoms with van der Waals surface area (Å²) in [5.41, 5.74) is 3.45. The average Bonchev–Trinajstić information content (AvgIpc) is 2.97. The molecular weight excluding hydrogens is 307 g/mol. The number of carbonyl (C=O) groups excluding carboxylic acids is 1. The van der Waals surface area contributed by atoms with Gasteiger partial charge in [-0.3, -0.25) is 4.79 Å². The lowest BCUT2D eigenvalue weighted by Crippen LogP contribution is -2.46. The highest BCUT2D eigenvalue weighted by atomic mass is 19.1. The number of fused-ring (bicyclic) bond motifs is 3. The van der Waals surface area contributed by atoms with Gasteiger partial charge in [-0.05, 0) is 36.2 Å². The molecule has 1 atom stereocenters. The zero-order valence-electron chi connectivity index (χ0n) is 13.0. The Morgan fingerprint density at radius 2 is 2.08 bits per heavy atom.